The highest BCUT2D eigenvalue weighted by molar-refractivity contribution is 7.99. The van der Waals surface area contributed by atoms with Gasteiger partial charge in [-0.3, -0.25) is 0 Å². The van der Waals surface area contributed by atoms with Gasteiger partial charge in [0.2, 0.25) is 5.16 Å². The molecule has 0 saturated heterocycles. The SMILES string of the molecule is CCC1CCC1Sc1nnc(-c2ccc(OC(C)C)cc2)c(-c2ccc(OC(C)C)cc2)n1. The Bertz CT molecular complexity index is 1050. The van der Waals surface area contributed by atoms with Crippen molar-refractivity contribution in [3.8, 4) is 34.0 Å². The molecule has 1 aliphatic carbocycles. The van der Waals surface area contributed by atoms with E-state index in [9.17, 15) is 0 Å². The van der Waals surface area contributed by atoms with E-state index < -0.39 is 0 Å². The maximum absolute atomic E-state index is 5.82. The molecule has 4 rings (SSSR count). The van der Waals surface area contributed by atoms with Gasteiger partial charge in [0.1, 0.15) is 22.9 Å². The Balaban J connectivity index is 1.67. The van der Waals surface area contributed by atoms with Crippen LogP contribution in [-0.2, 0) is 0 Å². The van der Waals surface area contributed by atoms with E-state index >= 15 is 0 Å². The van der Waals surface area contributed by atoms with Crippen molar-refractivity contribution < 1.29 is 9.47 Å². The first-order valence-electron chi connectivity index (χ1n) is 11.9. The summed E-state index contributed by atoms with van der Waals surface area (Å²) in [6.07, 6.45) is 4.00. The lowest BCUT2D eigenvalue weighted by atomic mass is 9.83. The molecule has 33 heavy (non-hydrogen) atoms. The third kappa shape index (κ3) is 5.85. The second-order valence-electron chi connectivity index (χ2n) is 9.08. The number of rotatable bonds is 9. The van der Waals surface area contributed by atoms with Gasteiger partial charge in [0.15, 0.2) is 0 Å². The molecule has 1 fully saturated rings. The van der Waals surface area contributed by atoms with Gasteiger partial charge in [-0.2, -0.15) is 0 Å². The third-order valence-electron chi connectivity index (χ3n) is 5.80. The minimum Gasteiger partial charge on any atom is -0.491 e. The predicted octanol–water partition coefficient (Wildman–Crippen LogP) is 7.06. The fourth-order valence-electron chi connectivity index (χ4n) is 3.98. The van der Waals surface area contributed by atoms with E-state index in [2.05, 4.69) is 17.1 Å². The molecule has 1 aromatic heterocycles. The lowest BCUT2D eigenvalue weighted by molar-refractivity contribution is 0.242. The first-order valence-corrected chi connectivity index (χ1v) is 12.8. The van der Waals surface area contributed by atoms with Crippen LogP contribution in [-0.4, -0.2) is 32.6 Å². The molecule has 0 N–H and O–H groups in total. The Morgan fingerprint density at radius 3 is 1.79 bits per heavy atom. The van der Waals surface area contributed by atoms with Crippen LogP contribution in [0.4, 0.5) is 0 Å². The zero-order valence-electron chi connectivity index (χ0n) is 20.1. The van der Waals surface area contributed by atoms with Gasteiger partial charge in [0, 0.05) is 16.4 Å². The summed E-state index contributed by atoms with van der Waals surface area (Å²) in [5, 5.41) is 10.5. The number of benzene rings is 2. The summed E-state index contributed by atoms with van der Waals surface area (Å²) in [5.41, 5.74) is 3.58. The predicted molar refractivity (Wildman–Crippen MR) is 135 cm³/mol. The topological polar surface area (TPSA) is 57.1 Å². The van der Waals surface area contributed by atoms with Crippen LogP contribution >= 0.6 is 11.8 Å². The van der Waals surface area contributed by atoms with Crippen molar-refractivity contribution in [2.75, 3.05) is 0 Å². The van der Waals surface area contributed by atoms with Gasteiger partial charge in [-0.15, -0.1) is 10.2 Å². The van der Waals surface area contributed by atoms with E-state index in [-0.39, 0.29) is 12.2 Å². The Morgan fingerprint density at radius 1 is 0.788 bits per heavy atom. The van der Waals surface area contributed by atoms with Gasteiger partial charge >= 0.3 is 0 Å². The number of hydrogen-bond donors (Lipinski definition) is 0. The van der Waals surface area contributed by atoms with Crippen LogP contribution in [0.5, 0.6) is 11.5 Å². The molecule has 174 valence electrons. The summed E-state index contributed by atoms with van der Waals surface area (Å²) in [6, 6.07) is 16.1. The molecule has 0 amide bonds. The molecular formula is C27H33N3O2S. The van der Waals surface area contributed by atoms with Crippen molar-refractivity contribution in [1.82, 2.24) is 15.2 Å². The number of aromatic nitrogens is 3. The standard InChI is InChI=1S/C27H33N3O2S/c1-6-19-11-16-24(19)33-27-28-25(20-7-12-22(13-8-20)31-17(2)3)26(29-30-27)21-9-14-23(15-10-21)32-18(4)5/h7-10,12-15,17-19,24H,6,11,16H2,1-5H3. The largest absolute Gasteiger partial charge is 0.491 e. The third-order valence-corrected chi connectivity index (χ3v) is 7.10. The molecular weight excluding hydrogens is 430 g/mol. The van der Waals surface area contributed by atoms with Crippen LogP contribution in [0.2, 0.25) is 0 Å². The fourth-order valence-corrected chi connectivity index (χ4v) is 5.26. The maximum Gasteiger partial charge on any atom is 0.209 e. The van der Waals surface area contributed by atoms with Crippen LogP contribution in [0.1, 0.15) is 53.9 Å². The molecule has 2 aromatic carbocycles. The summed E-state index contributed by atoms with van der Waals surface area (Å²) in [7, 11) is 0. The second-order valence-corrected chi connectivity index (χ2v) is 10.3. The minimum absolute atomic E-state index is 0.134. The zero-order valence-corrected chi connectivity index (χ0v) is 20.9. The van der Waals surface area contributed by atoms with Crippen molar-refractivity contribution in [2.24, 2.45) is 5.92 Å². The molecule has 2 atom stereocenters. The molecule has 0 spiro atoms. The molecule has 3 aromatic rings. The molecule has 6 heteroatoms. The van der Waals surface area contributed by atoms with Crippen molar-refractivity contribution in [2.45, 2.75) is 76.5 Å². The van der Waals surface area contributed by atoms with Gasteiger partial charge in [0.05, 0.1) is 12.2 Å². The summed E-state index contributed by atoms with van der Waals surface area (Å²) in [4.78, 5) is 4.99. The van der Waals surface area contributed by atoms with Gasteiger partial charge in [0.25, 0.3) is 0 Å². The summed E-state index contributed by atoms with van der Waals surface area (Å²) < 4.78 is 11.6. The van der Waals surface area contributed by atoms with Gasteiger partial charge in [-0.05, 0) is 95.0 Å². The highest BCUT2D eigenvalue weighted by Gasteiger charge is 2.31. The van der Waals surface area contributed by atoms with Gasteiger partial charge in [-0.1, -0.05) is 25.1 Å². The molecule has 0 bridgehead atoms. The van der Waals surface area contributed by atoms with Crippen LogP contribution in [0.25, 0.3) is 22.5 Å². The molecule has 5 nitrogen and oxygen atoms in total. The van der Waals surface area contributed by atoms with Crippen LogP contribution < -0.4 is 9.47 Å². The molecule has 1 aliphatic rings. The fraction of sp³-hybridized carbons (Fsp3) is 0.444. The molecule has 0 radical (unpaired) electrons. The van der Waals surface area contributed by atoms with E-state index in [1.54, 1.807) is 11.8 Å². The number of hydrogen-bond acceptors (Lipinski definition) is 6. The lowest BCUT2D eigenvalue weighted by Gasteiger charge is -2.34. The summed E-state index contributed by atoms with van der Waals surface area (Å²) in [5.74, 6) is 2.44. The average Bonchev–Trinajstić information content (AvgIpc) is 2.77. The van der Waals surface area contributed by atoms with E-state index in [1.807, 2.05) is 76.2 Å². The lowest BCUT2D eigenvalue weighted by Crippen LogP contribution is -2.28. The highest BCUT2D eigenvalue weighted by atomic mass is 32.2. The van der Waals surface area contributed by atoms with E-state index in [0.717, 1.165) is 45.1 Å². The first-order chi connectivity index (χ1) is 15.9. The van der Waals surface area contributed by atoms with Crippen molar-refractivity contribution >= 4 is 11.8 Å². The van der Waals surface area contributed by atoms with Crippen molar-refractivity contribution in [3.05, 3.63) is 48.5 Å². The molecule has 1 heterocycles. The van der Waals surface area contributed by atoms with Gasteiger partial charge in [-0.25, -0.2) is 4.98 Å². The highest BCUT2D eigenvalue weighted by Crippen LogP contribution is 2.42. The Labute approximate surface area is 201 Å². The van der Waals surface area contributed by atoms with Crippen molar-refractivity contribution in [1.29, 1.82) is 0 Å². The Morgan fingerprint density at radius 2 is 1.33 bits per heavy atom. The van der Waals surface area contributed by atoms with Crippen LogP contribution in [0.15, 0.2) is 53.7 Å². The van der Waals surface area contributed by atoms with Gasteiger partial charge < -0.3 is 9.47 Å². The van der Waals surface area contributed by atoms with Crippen LogP contribution in [0.3, 0.4) is 0 Å². The summed E-state index contributed by atoms with van der Waals surface area (Å²) >= 11 is 1.77. The van der Waals surface area contributed by atoms with E-state index in [1.165, 1.54) is 19.3 Å². The average molecular weight is 464 g/mol. The minimum atomic E-state index is 0.134. The monoisotopic (exact) mass is 463 g/mol. The quantitative estimate of drug-likeness (QED) is 0.338. The number of ether oxygens (including phenoxy) is 2. The molecule has 0 aliphatic heterocycles. The number of thioether (sulfide) groups is 1. The maximum atomic E-state index is 5.82. The summed E-state index contributed by atoms with van der Waals surface area (Å²) in [6.45, 7) is 10.4. The number of nitrogens with zero attached hydrogens (tertiary/aromatic N) is 3. The second kappa shape index (κ2) is 10.6. The normalized spacial score (nSPS) is 17.8. The zero-order chi connectivity index (χ0) is 23.4. The molecule has 2 unspecified atom stereocenters. The van der Waals surface area contributed by atoms with E-state index in [4.69, 9.17) is 14.5 Å². The van der Waals surface area contributed by atoms with Crippen molar-refractivity contribution in [3.63, 3.8) is 0 Å². The Kier molecular flexibility index (Phi) is 7.53. The molecule has 1 saturated carbocycles. The Hall–Kier alpha value is -2.60. The first kappa shape index (κ1) is 23.6. The smallest absolute Gasteiger partial charge is 0.209 e. The van der Waals surface area contributed by atoms with E-state index in [0.29, 0.717) is 5.25 Å². The van der Waals surface area contributed by atoms with Crippen LogP contribution in [0, 0.1) is 5.92 Å².